The number of methoxy groups -OCH3 is 1. The molecule has 0 aliphatic heterocycles. The lowest BCUT2D eigenvalue weighted by Gasteiger charge is -2.12. The van der Waals surface area contributed by atoms with Gasteiger partial charge in [-0.15, -0.1) is 0 Å². The van der Waals surface area contributed by atoms with Crippen molar-refractivity contribution in [2.75, 3.05) is 7.11 Å². The van der Waals surface area contributed by atoms with Crippen molar-refractivity contribution >= 4 is 0 Å². The summed E-state index contributed by atoms with van der Waals surface area (Å²) in [5.41, 5.74) is 5.50. The first kappa shape index (κ1) is 15.1. The SMILES string of the molecule is COc1cc(CN)ccc1Oc1cc(C(F)(F)F)ccn1. The molecule has 0 aliphatic carbocycles. The number of ether oxygens (including phenoxy) is 2. The molecule has 0 bridgehead atoms. The molecule has 1 aromatic carbocycles. The Labute approximate surface area is 119 Å². The van der Waals surface area contributed by atoms with E-state index in [0.717, 1.165) is 23.9 Å². The monoisotopic (exact) mass is 298 g/mol. The van der Waals surface area contributed by atoms with Crippen LogP contribution in [-0.2, 0) is 12.7 Å². The number of nitrogens with two attached hydrogens (primary N) is 1. The first-order chi connectivity index (χ1) is 9.94. The third-order valence-electron chi connectivity index (χ3n) is 2.74. The van der Waals surface area contributed by atoms with Crippen molar-refractivity contribution in [2.45, 2.75) is 12.7 Å². The Kier molecular flexibility index (Phi) is 4.32. The summed E-state index contributed by atoms with van der Waals surface area (Å²) in [7, 11) is 1.43. The molecule has 0 saturated heterocycles. The van der Waals surface area contributed by atoms with E-state index >= 15 is 0 Å². The van der Waals surface area contributed by atoms with Crippen LogP contribution in [0.25, 0.3) is 0 Å². The summed E-state index contributed by atoms with van der Waals surface area (Å²) in [5.74, 6) is 0.474. The summed E-state index contributed by atoms with van der Waals surface area (Å²) in [4.78, 5) is 3.76. The van der Waals surface area contributed by atoms with E-state index in [1.807, 2.05) is 0 Å². The average Bonchev–Trinajstić information content (AvgIpc) is 2.47. The molecule has 2 rings (SSSR count). The zero-order valence-electron chi connectivity index (χ0n) is 11.1. The topological polar surface area (TPSA) is 57.4 Å². The number of hydrogen-bond acceptors (Lipinski definition) is 4. The van der Waals surface area contributed by atoms with Crippen molar-refractivity contribution in [3.8, 4) is 17.4 Å². The smallest absolute Gasteiger partial charge is 0.416 e. The van der Waals surface area contributed by atoms with Gasteiger partial charge < -0.3 is 15.2 Å². The summed E-state index contributed by atoms with van der Waals surface area (Å²) in [6.07, 6.45) is -3.41. The van der Waals surface area contributed by atoms with E-state index < -0.39 is 11.7 Å². The maximum Gasteiger partial charge on any atom is 0.416 e. The number of hydrogen-bond donors (Lipinski definition) is 1. The van der Waals surface area contributed by atoms with E-state index in [9.17, 15) is 13.2 Å². The minimum absolute atomic E-state index is 0.163. The number of halogens is 3. The summed E-state index contributed by atoms with van der Waals surface area (Å²) in [6, 6.07) is 6.63. The lowest BCUT2D eigenvalue weighted by Crippen LogP contribution is -2.05. The standard InChI is InChI=1S/C14H13F3N2O2/c1-20-12-6-9(8-18)2-3-11(12)21-13-7-10(4-5-19-13)14(15,16)17/h2-7H,8,18H2,1H3. The van der Waals surface area contributed by atoms with Crippen LogP contribution in [0, 0.1) is 0 Å². The molecule has 21 heavy (non-hydrogen) atoms. The number of rotatable bonds is 4. The van der Waals surface area contributed by atoms with Crippen molar-refractivity contribution in [2.24, 2.45) is 5.73 Å². The van der Waals surface area contributed by atoms with Crippen LogP contribution in [0.4, 0.5) is 13.2 Å². The highest BCUT2D eigenvalue weighted by molar-refractivity contribution is 5.44. The molecule has 0 radical (unpaired) electrons. The van der Waals surface area contributed by atoms with Crippen LogP contribution in [-0.4, -0.2) is 12.1 Å². The van der Waals surface area contributed by atoms with Crippen LogP contribution in [0.3, 0.4) is 0 Å². The van der Waals surface area contributed by atoms with Crippen molar-refractivity contribution in [1.82, 2.24) is 4.98 Å². The van der Waals surface area contributed by atoms with Gasteiger partial charge in [-0.1, -0.05) is 6.07 Å². The average molecular weight is 298 g/mol. The molecule has 0 saturated carbocycles. The normalized spacial score (nSPS) is 11.3. The molecule has 0 unspecified atom stereocenters. The second kappa shape index (κ2) is 6.01. The predicted molar refractivity (Wildman–Crippen MR) is 70.2 cm³/mol. The molecule has 0 spiro atoms. The van der Waals surface area contributed by atoms with Gasteiger partial charge in [-0.3, -0.25) is 0 Å². The molecule has 1 aromatic heterocycles. The summed E-state index contributed by atoms with van der Waals surface area (Å²) < 4.78 is 48.4. The van der Waals surface area contributed by atoms with Crippen molar-refractivity contribution in [3.05, 3.63) is 47.7 Å². The first-order valence-corrected chi connectivity index (χ1v) is 6.02. The molecule has 2 N–H and O–H groups in total. The fourth-order valence-corrected chi connectivity index (χ4v) is 1.68. The molecule has 0 amide bonds. The quantitative estimate of drug-likeness (QED) is 0.940. The Balaban J connectivity index is 2.30. The minimum atomic E-state index is -4.45. The Morgan fingerprint density at radius 2 is 1.90 bits per heavy atom. The van der Waals surface area contributed by atoms with Gasteiger partial charge in [-0.25, -0.2) is 4.98 Å². The molecule has 0 aliphatic rings. The van der Waals surface area contributed by atoms with Crippen LogP contribution in [0.1, 0.15) is 11.1 Å². The van der Waals surface area contributed by atoms with E-state index in [2.05, 4.69) is 4.98 Å². The van der Waals surface area contributed by atoms with Gasteiger partial charge in [-0.2, -0.15) is 13.2 Å². The van der Waals surface area contributed by atoms with Crippen LogP contribution >= 0.6 is 0 Å². The van der Waals surface area contributed by atoms with Crippen molar-refractivity contribution < 1.29 is 22.6 Å². The highest BCUT2D eigenvalue weighted by Gasteiger charge is 2.31. The number of aromatic nitrogens is 1. The highest BCUT2D eigenvalue weighted by atomic mass is 19.4. The fourth-order valence-electron chi connectivity index (χ4n) is 1.68. The summed E-state index contributed by atoms with van der Waals surface area (Å²) in [6.45, 7) is 0.318. The van der Waals surface area contributed by atoms with Gasteiger partial charge in [0.15, 0.2) is 11.5 Å². The third kappa shape index (κ3) is 3.63. The Bertz CT molecular complexity index is 630. The number of alkyl halides is 3. The highest BCUT2D eigenvalue weighted by Crippen LogP contribution is 2.34. The van der Waals surface area contributed by atoms with Gasteiger partial charge in [0.05, 0.1) is 12.7 Å². The van der Waals surface area contributed by atoms with Gasteiger partial charge in [0.1, 0.15) is 0 Å². The van der Waals surface area contributed by atoms with Gasteiger partial charge in [0.25, 0.3) is 0 Å². The Morgan fingerprint density at radius 3 is 2.52 bits per heavy atom. The van der Waals surface area contributed by atoms with Gasteiger partial charge in [-0.05, 0) is 23.8 Å². The lowest BCUT2D eigenvalue weighted by molar-refractivity contribution is -0.137. The number of benzene rings is 1. The van der Waals surface area contributed by atoms with E-state index in [1.165, 1.54) is 7.11 Å². The molecule has 2 aromatic rings. The largest absolute Gasteiger partial charge is 0.493 e. The maximum atomic E-state index is 12.6. The Morgan fingerprint density at radius 1 is 1.14 bits per heavy atom. The molecule has 0 atom stereocenters. The molecular formula is C14H13F3N2O2. The van der Waals surface area contributed by atoms with Crippen LogP contribution in [0.5, 0.6) is 17.4 Å². The molecule has 7 heteroatoms. The second-order valence-corrected chi connectivity index (χ2v) is 4.17. The van der Waals surface area contributed by atoms with Crippen molar-refractivity contribution in [3.63, 3.8) is 0 Å². The zero-order valence-corrected chi connectivity index (χ0v) is 11.1. The lowest BCUT2D eigenvalue weighted by atomic mass is 10.2. The van der Waals surface area contributed by atoms with Gasteiger partial charge >= 0.3 is 6.18 Å². The van der Waals surface area contributed by atoms with E-state index in [-0.39, 0.29) is 11.6 Å². The van der Waals surface area contributed by atoms with Crippen LogP contribution in [0.15, 0.2) is 36.5 Å². The molecular weight excluding hydrogens is 285 g/mol. The molecule has 112 valence electrons. The first-order valence-electron chi connectivity index (χ1n) is 6.02. The predicted octanol–water partition coefficient (Wildman–Crippen LogP) is 3.36. The number of pyridine rings is 1. The fraction of sp³-hybridized carbons (Fsp3) is 0.214. The van der Waals surface area contributed by atoms with E-state index in [0.29, 0.717) is 12.3 Å². The van der Waals surface area contributed by atoms with E-state index in [4.69, 9.17) is 15.2 Å². The van der Waals surface area contributed by atoms with Crippen LogP contribution in [0.2, 0.25) is 0 Å². The molecule has 1 heterocycles. The Hall–Kier alpha value is -2.28. The van der Waals surface area contributed by atoms with Gasteiger partial charge in [0.2, 0.25) is 5.88 Å². The number of nitrogens with zero attached hydrogens (tertiary/aromatic N) is 1. The second-order valence-electron chi connectivity index (χ2n) is 4.17. The van der Waals surface area contributed by atoms with Crippen molar-refractivity contribution in [1.29, 1.82) is 0 Å². The molecule has 0 fully saturated rings. The van der Waals surface area contributed by atoms with Gasteiger partial charge in [0, 0.05) is 18.8 Å². The zero-order chi connectivity index (χ0) is 15.5. The minimum Gasteiger partial charge on any atom is -0.493 e. The van der Waals surface area contributed by atoms with E-state index in [1.54, 1.807) is 18.2 Å². The maximum absolute atomic E-state index is 12.6. The molecule has 4 nitrogen and oxygen atoms in total. The summed E-state index contributed by atoms with van der Waals surface area (Å²) >= 11 is 0. The summed E-state index contributed by atoms with van der Waals surface area (Å²) in [5, 5.41) is 0. The van der Waals surface area contributed by atoms with Crippen LogP contribution < -0.4 is 15.2 Å². The third-order valence-corrected chi connectivity index (χ3v) is 2.74.